The number of hydrogen-bond donors (Lipinski definition) is 2. The van der Waals surface area contributed by atoms with Gasteiger partial charge in [-0.2, -0.15) is 13.2 Å². The molecule has 2 aliphatic rings. The van der Waals surface area contributed by atoms with Gasteiger partial charge in [0.2, 0.25) is 17.7 Å². The second-order valence-electron chi connectivity index (χ2n) is 7.98. The van der Waals surface area contributed by atoms with Crippen LogP contribution in [0.3, 0.4) is 0 Å². The van der Waals surface area contributed by atoms with E-state index in [1.165, 1.54) is 6.07 Å². The molecule has 0 radical (unpaired) electrons. The average Bonchev–Trinajstić information content (AvgIpc) is 3.00. The second kappa shape index (κ2) is 8.39. The summed E-state index contributed by atoms with van der Waals surface area (Å²) in [6.45, 7) is 0. The minimum absolute atomic E-state index is 0.146. The number of halogens is 5. The van der Waals surface area contributed by atoms with Gasteiger partial charge in [-0.1, -0.05) is 17.7 Å². The lowest BCUT2D eigenvalue weighted by Gasteiger charge is -2.39. The molecular weight excluding hydrogens is 482 g/mol. The van der Waals surface area contributed by atoms with Crippen LogP contribution in [0.15, 0.2) is 36.4 Å². The Morgan fingerprint density at radius 1 is 1.15 bits per heavy atom. The molecule has 34 heavy (non-hydrogen) atoms. The zero-order valence-electron chi connectivity index (χ0n) is 17.2. The highest BCUT2D eigenvalue weighted by Crippen LogP contribution is 2.53. The number of nitrogens with two attached hydrogens (primary N) is 1. The molecule has 7 nitrogen and oxygen atoms in total. The number of alkyl halides is 3. The lowest BCUT2D eigenvalue weighted by Crippen LogP contribution is -2.54. The molecule has 178 valence electrons. The molecule has 4 rings (SSSR count). The van der Waals surface area contributed by atoms with Gasteiger partial charge in [0, 0.05) is 22.6 Å². The largest absolute Gasteiger partial charge is 0.398 e. The van der Waals surface area contributed by atoms with Crippen LogP contribution in [0.5, 0.6) is 0 Å². The first-order chi connectivity index (χ1) is 15.9. The molecule has 2 aromatic rings. The van der Waals surface area contributed by atoms with Crippen molar-refractivity contribution in [2.75, 3.05) is 0 Å². The summed E-state index contributed by atoms with van der Waals surface area (Å²) in [6.07, 6.45) is -5.41. The Labute approximate surface area is 194 Å². The van der Waals surface area contributed by atoms with E-state index in [2.05, 4.69) is 0 Å². The van der Waals surface area contributed by atoms with Crippen LogP contribution < -0.4 is 11.1 Å². The number of nitrogens with zero attached hydrogens (tertiary/aromatic N) is 1. The molecular formula is C22H16ClF4N3O4. The Morgan fingerprint density at radius 3 is 2.44 bits per heavy atom. The van der Waals surface area contributed by atoms with Gasteiger partial charge >= 0.3 is 6.18 Å². The first-order valence-electron chi connectivity index (χ1n) is 10.0. The van der Waals surface area contributed by atoms with Gasteiger partial charge in [-0.05, 0) is 47.9 Å². The summed E-state index contributed by atoms with van der Waals surface area (Å²) in [5, 5.41) is 1.51. The topological polar surface area (TPSA) is 110 Å². The van der Waals surface area contributed by atoms with Gasteiger partial charge in [0.05, 0.1) is 6.04 Å². The van der Waals surface area contributed by atoms with Crippen LogP contribution in [0, 0.1) is 5.82 Å². The molecule has 0 aromatic heterocycles. The summed E-state index contributed by atoms with van der Waals surface area (Å²) in [4.78, 5) is 50.0. The number of imide groups is 1. The average molecular weight is 498 g/mol. The summed E-state index contributed by atoms with van der Waals surface area (Å²) in [5.74, 6) is -6.72. The van der Waals surface area contributed by atoms with Gasteiger partial charge in [0.25, 0.3) is 5.91 Å². The quantitative estimate of drug-likeness (QED) is 0.499. The van der Waals surface area contributed by atoms with Crippen LogP contribution >= 0.6 is 11.6 Å². The summed E-state index contributed by atoms with van der Waals surface area (Å²) >= 11 is 5.99. The highest BCUT2D eigenvalue weighted by Gasteiger charge is 2.56. The van der Waals surface area contributed by atoms with Crippen LogP contribution in [-0.2, 0) is 9.59 Å². The Bertz CT molecular complexity index is 1230. The van der Waals surface area contributed by atoms with E-state index in [1.54, 1.807) is 0 Å². The van der Waals surface area contributed by atoms with Gasteiger partial charge in [-0.15, -0.1) is 0 Å². The van der Waals surface area contributed by atoms with Crippen LogP contribution in [-0.4, -0.2) is 40.7 Å². The minimum Gasteiger partial charge on any atom is -0.366 e. The number of benzene rings is 2. The molecule has 0 bridgehead atoms. The molecule has 1 saturated heterocycles. The van der Waals surface area contributed by atoms with Gasteiger partial charge in [0.1, 0.15) is 17.8 Å². The SMILES string of the molecule is NC(=O)c1ccc2c(c1)C([C@@H](c1ccc(F)cc1Cl)C(F)(F)F)N(C1CCC(=O)NC1=O)C2=O. The monoisotopic (exact) mass is 497 g/mol. The van der Waals surface area contributed by atoms with Crippen molar-refractivity contribution in [1.29, 1.82) is 0 Å². The molecule has 2 aliphatic heterocycles. The van der Waals surface area contributed by atoms with E-state index in [4.69, 9.17) is 17.3 Å². The molecule has 1 fully saturated rings. The Morgan fingerprint density at radius 2 is 1.85 bits per heavy atom. The van der Waals surface area contributed by atoms with E-state index in [-0.39, 0.29) is 29.5 Å². The number of piperidine rings is 1. The third-order valence-corrected chi connectivity index (χ3v) is 6.26. The van der Waals surface area contributed by atoms with Gasteiger partial charge < -0.3 is 10.6 Å². The predicted octanol–water partition coefficient (Wildman–Crippen LogP) is 3.23. The van der Waals surface area contributed by atoms with Crippen LogP contribution in [0.1, 0.15) is 56.6 Å². The Balaban J connectivity index is 1.96. The third kappa shape index (κ3) is 4.00. The van der Waals surface area contributed by atoms with Crippen molar-refractivity contribution in [2.45, 2.75) is 37.0 Å². The van der Waals surface area contributed by atoms with Crippen LogP contribution in [0.25, 0.3) is 0 Å². The second-order valence-corrected chi connectivity index (χ2v) is 8.38. The number of hydrogen-bond acceptors (Lipinski definition) is 4. The zero-order valence-corrected chi connectivity index (χ0v) is 17.9. The molecule has 2 unspecified atom stereocenters. The number of nitrogens with one attached hydrogen (secondary N) is 1. The summed E-state index contributed by atoms with van der Waals surface area (Å²) < 4.78 is 57.4. The lowest BCUT2D eigenvalue weighted by atomic mass is 9.84. The van der Waals surface area contributed by atoms with Crippen molar-refractivity contribution in [3.05, 3.63) is 69.5 Å². The van der Waals surface area contributed by atoms with Crippen molar-refractivity contribution in [3.63, 3.8) is 0 Å². The van der Waals surface area contributed by atoms with Crippen LogP contribution in [0.2, 0.25) is 5.02 Å². The van der Waals surface area contributed by atoms with Gasteiger partial charge in [-0.3, -0.25) is 24.5 Å². The molecule has 0 spiro atoms. The maximum Gasteiger partial charge on any atom is 0.398 e. The highest BCUT2D eigenvalue weighted by molar-refractivity contribution is 6.31. The number of amides is 4. The normalized spacial score (nSPS) is 21.3. The minimum atomic E-state index is -5.02. The van der Waals surface area contributed by atoms with E-state index in [0.717, 1.165) is 29.2 Å². The lowest BCUT2D eigenvalue weighted by molar-refractivity contribution is -0.167. The van der Waals surface area contributed by atoms with E-state index in [0.29, 0.717) is 6.07 Å². The maximum atomic E-state index is 14.6. The zero-order chi connectivity index (χ0) is 24.9. The number of carbonyl (C=O) groups is 4. The van der Waals surface area contributed by atoms with Crippen molar-refractivity contribution in [2.24, 2.45) is 5.73 Å². The van der Waals surface area contributed by atoms with E-state index >= 15 is 0 Å². The summed E-state index contributed by atoms with van der Waals surface area (Å²) in [5.41, 5.74) is 4.28. The van der Waals surface area contributed by atoms with Gasteiger partial charge in [-0.25, -0.2) is 4.39 Å². The Hall–Kier alpha value is -3.47. The van der Waals surface area contributed by atoms with Crippen LogP contribution in [0.4, 0.5) is 17.6 Å². The van der Waals surface area contributed by atoms with E-state index in [9.17, 15) is 36.7 Å². The van der Waals surface area contributed by atoms with Crippen molar-refractivity contribution in [3.8, 4) is 0 Å². The molecule has 2 heterocycles. The maximum absolute atomic E-state index is 14.6. The van der Waals surface area contributed by atoms with Crippen molar-refractivity contribution in [1.82, 2.24) is 10.2 Å². The van der Waals surface area contributed by atoms with Crippen molar-refractivity contribution < 1.29 is 36.7 Å². The number of fused-ring (bicyclic) bond motifs is 1. The summed E-state index contributed by atoms with van der Waals surface area (Å²) in [7, 11) is 0. The highest BCUT2D eigenvalue weighted by atomic mass is 35.5. The third-order valence-electron chi connectivity index (χ3n) is 5.93. The van der Waals surface area contributed by atoms with E-state index in [1.807, 2.05) is 5.32 Å². The molecule has 3 atom stereocenters. The first kappa shape index (κ1) is 23.7. The van der Waals surface area contributed by atoms with Gasteiger partial charge in [0.15, 0.2) is 0 Å². The van der Waals surface area contributed by atoms with E-state index < -0.39 is 64.2 Å². The first-order valence-corrected chi connectivity index (χ1v) is 10.4. The molecule has 4 amide bonds. The van der Waals surface area contributed by atoms with Crippen molar-refractivity contribution >= 4 is 35.2 Å². The number of carbonyl (C=O) groups excluding carboxylic acids is 4. The molecule has 2 aromatic carbocycles. The molecule has 0 saturated carbocycles. The predicted molar refractivity (Wildman–Crippen MR) is 110 cm³/mol. The molecule has 3 N–H and O–H groups in total. The molecule has 12 heteroatoms. The fraction of sp³-hybridized carbons (Fsp3) is 0.273. The fourth-order valence-corrected chi connectivity index (χ4v) is 4.76. The summed E-state index contributed by atoms with van der Waals surface area (Å²) in [6, 6.07) is 2.56. The number of primary amides is 1. The fourth-order valence-electron chi connectivity index (χ4n) is 4.47. The molecule has 0 aliphatic carbocycles. The Kier molecular flexibility index (Phi) is 5.84. The smallest absolute Gasteiger partial charge is 0.366 e. The standard InChI is InChI=1S/C22H16ClF4N3O4/c23-14-8-10(24)2-4-12(14)17(22(25,26)27)18-13-7-9(19(28)32)1-3-11(13)21(34)30(18)15-5-6-16(31)29-20(15)33/h1-4,7-8,15,17-18H,5-6H2,(H2,28,32)(H,29,31,33)/t15?,17-,18?/m1/s1. The number of rotatable bonds is 4.